The molecule has 1 atom stereocenters. The number of aromatic carboxylic acids is 1. The third-order valence-electron chi connectivity index (χ3n) is 3.55. The zero-order chi connectivity index (χ0) is 16.1. The molecule has 0 fully saturated rings. The molecule has 1 aliphatic heterocycles. The van der Waals surface area contributed by atoms with Crippen LogP contribution in [-0.4, -0.2) is 28.9 Å². The van der Waals surface area contributed by atoms with Crippen molar-refractivity contribution in [3.05, 3.63) is 23.8 Å². The number of amides is 2. The highest BCUT2D eigenvalue weighted by atomic mass is 16.4. The topological polar surface area (TPSA) is 122 Å². The molecule has 22 heavy (non-hydrogen) atoms. The van der Waals surface area contributed by atoms with Gasteiger partial charge in [0.25, 0.3) is 0 Å². The second kappa shape index (κ2) is 7.04. The summed E-state index contributed by atoms with van der Waals surface area (Å²) in [5, 5.41) is 14.3. The summed E-state index contributed by atoms with van der Waals surface area (Å²) in [4.78, 5) is 35.0. The summed E-state index contributed by atoms with van der Waals surface area (Å²) in [5.74, 6) is -1.66. The van der Waals surface area contributed by atoms with Crippen molar-refractivity contribution in [2.45, 2.75) is 38.1 Å². The Morgan fingerprint density at radius 3 is 2.64 bits per heavy atom. The largest absolute Gasteiger partial charge is 0.478 e. The highest BCUT2D eigenvalue weighted by Crippen LogP contribution is 2.25. The number of fused-ring (bicyclic) bond motifs is 1. The quantitative estimate of drug-likeness (QED) is 0.627. The Labute approximate surface area is 127 Å². The van der Waals surface area contributed by atoms with Crippen molar-refractivity contribution in [3.8, 4) is 0 Å². The van der Waals surface area contributed by atoms with E-state index in [-0.39, 0.29) is 23.1 Å². The smallest absolute Gasteiger partial charge is 0.335 e. The van der Waals surface area contributed by atoms with Crippen LogP contribution < -0.4 is 16.4 Å². The van der Waals surface area contributed by atoms with Crippen LogP contribution in [0.25, 0.3) is 0 Å². The van der Waals surface area contributed by atoms with Gasteiger partial charge in [-0.05, 0) is 31.0 Å². The summed E-state index contributed by atoms with van der Waals surface area (Å²) in [7, 11) is 0. The van der Waals surface area contributed by atoms with Gasteiger partial charge >= 0.3 is 5.97 Å². The molecule has 7 heteroatoms. The van der Waals surface area contributed by atoms with Gasteiger partial charge in [0.15, 0.2) is 0 Å². The summed E-state index contributed by atoms with van der Waals surface area (Å²) < 4.78 is 0. The maximum Gasteiger partial charge on any atom is 0.335 e. The van der Waals surface area contributed by atoms with Crippen LogP contribution >= 0.6 is 0 Å². The lowest BCUT2D eigenvalue weighted by Crippen LogP contribution is -2.36. The zero-order valence-corrected chi connectivity index (χ0v) is 12.1. The molecule has 0 saturated carbocycles. The molecule has 0 unspecified atom stereocenters. The molecular formula is C15H19N3O4. The molecule has 0 aliphatic carbocycles. The first-order valence-corrected chi connectivity index (χ1v) is 7.21. The number of carbonyl (C=O) groups excluding carboxylic acids is 2. The fourth-order valence-electron chi connectivity index (χ4n) is 2.29. The SMILES string of the molecule is N[C@H]1CCCCCC(=O)Nc2cc(C(=O)O)ccc2NC1=O. The van der Waals surface area contributed by atoms with Gasteiger partial charge in [0, 0.05) is 6.42 Å². The van der Waals surface area contributed by atoms with Crippen LogP contribution in [0.15, 0.2) is 18.2 Å². The van der Waals surface area contributed by atoms with Gasteiger partial charge in [-0.25, -0.2) is 4.79 Å². The monoisotopic (exact) mass is 305 g/mol. The van der Waals surface area contributed by atoms with Gasteiger partial charge in [-0.1, -0.05) is 12.8 Å². The van der Waals surface area contributed by atoms with E-state index in [1.165, 1.54) is 18.2 Å². The average Bonchev–Trinajstić information content (AvgIpc) is 2.47. The minimum absolute atomic E-state index is 0.0321. The molecule has 0 bridgehead atoms. The molecule has 118 valence electrons. The van der Waals surface area contributed by atoms with Crippen LogP contribution in [0.2, 0.25) is 0 Å². The number of rotatable bonds is 1. The first-order chi connectivity index (χ1) is 10.5. The van der Waals surface area contributed by atoms with Crippen molar-refractivity contribution < 1.29 is 19.5 Å². The molecular weight excluding hydrogens is 286 g/mol. The van der Waals surface area contributed by atoms with Crippen molar-refractivity contribution in [3.63, 3.8) is 0 Å². The van der Waals surface area contributed by atoms with Crippen LogP contribution in [0.1, 0.15) is 42.5 Å². The Morgan fingerprint density at radius 1 is 1.14 bits per heavy atom. The number of anilines is 2. The molecule has 2 rings (SSSR count). The Hall–Kier alpha value is -2.41. The Morgan fingerprint density at radius 2 is 1.91 bits per heavy atom. The van der Waals surface area contributed by atoms with Crippen molar-refractivity contribution in [1.82, 2.24) is 0 Å². The lowest BCUT2D eigenvalue weighted by atomic mass is 10.1. The number of carboxylic acid groups (broad SMARTS) is 1. The Balaban J connectivity index is 2.33. The molecule has 0 aromatic heterocycles. The third-order valence-corrected chi connectivity index (χ3v) is 3.55. The minimum atomic E-state index is -1.11. The van der Waals surface area contributed by atoms with Crippen molar-refractivity contribution >= 4 is 29.2 Å². The van der Waals surface area contributed by atoms with Crippen LogP contribution in [0, 0.1) is 0 Å². The molecule has 7 nitrogen and oxygen atoms in total. The Bertz CT molecular complexity index is 600. The highest BCUT2D eigenvalue weighted by Gasteiger charge is 2.18. The molecule has 1 aliphatic rings. The number of nitrogens with two attached hydrogens (primary N) is 1. The van der Waals surface area contributed by atoms with E-state index in [1.807, 2.05) is 0 Å². The number of carboxylic acids is 1. The van der Waals surface area contributed by atoms with E-state index in [2.05, 4.69) is 10.6 Å². The van der Waals surface area contributed by atoms with Crippen LogP contribution in [0.4, 0.5) is 11.4 Å². The van der Waals surface area contributed by atoms with Crippen LogP contribution in [0.3, 0.4) is 0 Å². The number of hydrogen-bond donors (Lipinski definition) is 4. The van der Waals surface area contributed by atoms with Gasteiger partial charge in [0.1, 0.15) is 0 Å². The van der Waals surface area contributed by atoms with E-state index in [9.17, 15) is 14.4 Å². The molecule has 0 saturated heterocycles. The van der Waals surface area contributed by atoms with E-state index in [4.69, 9.17) is 10.8 Å². The molecule has 5 N–H and O–H groups in total. The second-order valence-corrected chi connectivity index (χ2v) is 5.31. The predicted molar refractivity (Wildman–Crippen MR) is 81.7 cm³/mol. The molecule has 1 aromatic rings. The molecule has 0 spiro atoms. The summed E-state index contributed by atoms with van der Waals surface area (Å²) >= 11 is 0. The van der Waals surface area contributed by atoms with E-state index >= 15 is 0 Å². The summed E-state index contributed by atoms with van der Waals surface area (Å²) in [6, 6.07) is 3.52. The Kier molecular flexibility index (Phi) is 5.11. The highest BCUT2D eigenvalue weighted by molar-refractivity contribution is 6.03. The second-order valence-electron chi connectivity index (χ2n) is 5.31. The number of carbonyl (C=O) groups is 3. The minimum Gasteiger partial charge on any atom is -0.478 e. The lowest BCUT2D eigenvalue weighted by Gasteiger charge is -2.17. The predicted octanol–water partition coefficient (Wildman–Crippen LogP) is 1.55. The number of nitrogens with one attached hydrogen (secondary N) is 2. The first kappa shape index (κ1) is 16.0. The zero-order valence-electron chi connectivity index (χ0n) is 12.1. The molecule has 2 amide bonds. The molecule has 1 heterocycles. The van der Waals surface area contributed by atoms with Crippen molar-refractivity contribution in [2.75, 3.05) is 10.6 Å². The van der Waals surface area contributed by atoms with Crippen LogP contribution in [0.5, 0.6) is 0 Å². The van der Waals surface area contributed by atoms with Crippen molar-refractivity contribution in [1.29, 1.82) is 0 Å². The fourth-order valence-corrected chi connectivity index (χ4v) is 2.29. The molecule has 0 radical (unpaired) electrons. The van der Waals surface area contributed by atoms with Gasteiger partial charge in [0.05, 0.1) is 23.0 Å². The van der Waals surface area contributed by atoms with Gasteiger partial charge in [-0.2, -0.15) is 0 Å². The number of hydrogen-bond acceptors (Lipinski definition) is 4. The standard InChI is InChI=1S/C15H19N3O4/c16-10-4-2-1-3-5-13(19)17-12-8-9(15(21)22)6-7-11(12)18-14(10)20/h6-8,10H,1-5,16H2,(H,17,19)(H,18,20)(H,21,22)/t10-/m0/s1. The maximum absolute atomic E-state index is 12.0. The summed E-state index contributed by atoms with van der Waals surface area (Å²) in [5.41, 5.74) is 6.48. The normalized spacial score (nSPS) is 20.0. The first-order valence-electron chi connectivity index (χ1n) is 7.21. The average molecular weight is 305 g/mol. The van der Waals surface area contributed by atoms with Gasteiger partial charge < -0.3 is 21.5 Å². The van der Waals surface area contributed by atoms with Gasteiger partial charge in [0.2, 0.25) is 11.8 Å². The van der Waals surface area contributed by atoms with Gasteiger partial charge in [-0.3, -0.25) is 9.59 Å². The van der Waals surface area contributed by atoms with E-state index in [1.54, 1.807) is 0 Å². The van der Waals surface area contributed by atoms with Crippen LogP contribution in [-0.2, 0) is 9.59 Å². The van der Waals surface area contributed by atoms with E-state index in [0.29, 0.717) is 24.9 Å². The summed E-state index contributed by atoms with van der Waals surface area (Å²) in [6.45, 7) is 0. The van der Waals surface area contributed by atoms with E-state index in [0.717, 1.165) is 12.8 Å². The van der Waals surface area contributed by atoms with E-state index < -0.39 is 12.0 Å². The lowest BCUT2D eigenvalue weighted by molar-refractivity contribution is -0.118. The van der Waals surface area contributed by atoms with Crippen molar-refractivity contribution in [2.24, 2.45) is 5.73 Å². The number of benzene rings is 1. The fraction of sp³-hybridized carbons (Fsp3) is 0.400. The maximum atomic E-state index is 12.0. The summed E-state index contributed by atoms with van der Waals surface area (Å²) in [6.07, 6.45) is 3.20. The molecule has 1 aromatic carbocycles. The third kappa shape index (κ3) is 4.05. The van der Waals surface area contributed by atoms with Gasteiger partial charge in [-0.15, -0.1) is 0 Å².